The van der Waals surface area contributed by atoms with Gasteiger partial charge in [0, 0.05) is 43.5 Å². The molecular formula is C27H31N3O4S. The van der Waals surface area contributed by atoms with E-state index in [-0.39, 0.29) is 18.2 Å². The molecule has 0 aliphatic carbocycles. The number of hydrogen-bond donors (Lipinski definition) is 0. The molecule has 0 unspecified atom stereocenters. The lowest BCUT2D eigenvalue weighted by Crippen LogP contribution is -2.51. The van der Waals surface area contributed by atoms with Gasteiger partial charge in [0.2, 0.25) is 11.8 Å². The minimum atomic E-state index is 0.0466. The molecule has 1 aliphatic heterocycles. The molecule has 0 atom stereocenters. The molecule has 2 amide bonds. The molecule has 3 aromatic rings. The second-order valence-electron chi connectivity index (χ2n) is 8.49. The lowest BCUT2D eigenvalue weighted by atomic mass is 10.1. The van der Waals surface area contributed by atoms with Crippen LogP contribution < -0.4 is 9.47 Å². The van der Waals surface area contributed by atoms with Crippen molar-refractivity contribution >= 4 is 23.2 Å². The molecule has 184 valence electrons. The number of carbonyl (C=O) groups excluding carboxylic acids is 2. The molecule has 0 spiro atoms. The minimum Gasteiger partial charge on any atom is -0.493 e. The standard InChI is InChI=1S/C27H31N3O4S/c1-33-23-12-11-21(17-24(23)34-2)27-28-22(19-35-27)18-26(32)30-15-13-29(14-16-30)25(31)10-6-9-20-7-4-3-5-8-20/h3-5,7-8,11-12,17,19H,6,9-10,13-16,18H2,1-2H3. The Kier molecular flexibility index (Phi) is 8.36. The Hall–Kier alpha value is -3.39. The van der Waals surface area contributed by atoms with Gasteiger partial charge in [-0.25, -0.2) is 4.98 Å². The third kappa shape index (κ3) is 6.39. The average molecular weight is 494 g/mol. The summed E-state index contributed by atoms with van der Waals surface area (Å²) in [5.41, 5.74) is 2.93. The summed E-state index contributed by atoms with van der Waals surface area (Å²) in [5, 5.41) is 2.76. The third-order valence-electron chi connectivity index (χ3n) is 6.20. The fraction of sp³-hybridized carbons (Fsp3) is 0.370. The highest BCUT2D eigenvalue weighted by molar-refractivity contribution is 7.13. The molecule has 0 N–H and O–H groups in total. The van der Waals surface area contributed by atoms with Crippen LogP contribution in [0.1, 0.15) is 24.1 Å². The van der Waals surface area contributed by atoms with Crippen molar-refractivity contribution in [2.75, 3.05) is 40.4 Å². The SMILES string of the molecule is COc1ccc(-c2nc(CC(=O)N3CCN(C(=O)CCCc4ccccc4)CC3)cs2)cc1OC. The number of nitrogens with zero attached hydrogens (tertiary/aromatic N) is 3. The van der Waals surface area contributed by atoms with Crippen LogP contribution in [0.3, 0.4) is 0 Å². The number of carbonyl (C=O) groups is 2. The van der Waals surface area contributed by atoms with Crippen LogP contribution in [0.5, 0.6) is 11.5 Å². The molecule has 1 saturated heterocycles. The minimum absolute atomic E-state index is 0.0466. The van der Waals surface area contributed by atoms with Gasteiger partial charge in [0.15, 0.2) is 11.5 Å². The molecule has 7 nitrogen and oxygen atoms in total. The van der Waals surface area contributed by atoms with Gasteiger partial charge in [-0.3, -0.25) is 9.59 Å². The first kappa shape index (κ1) is 24.7. The number of methoxy groups -OCH3 is 2. The van der Waals surface area contributed by atoms with Crippen LogP contribution in [0.25, 0.3) is 10.6 Å². The summed E-state index contributed by atoms with van der Waals surface area (Å²) >= 11 is 1.50. The number of rotatable bonds is 9. The number of benzene rings is 2. The molecule has 8 heteroatoms. The van der Waals surface area contributed by atoms with Gasteiger partial charge in [-0.1, -0.05) is 30.3 Å². The smallest absolute Gasteiger partial charge is 0.228 e. The Bertz CT molecular complexity index is 1140. The number of hydrogen-bond acceptors (Lipinski definition) is 6. The van der Waals surface area contributed by atoms with Crippen molar-refractivity contribution in [2.24, 2.45) is 0 Å². The molecule has 1 aromatic heterocycles. The number of amides is 2. The molecule has 1 fully saturated rings. The van der Waals surface area contributed by atoms with Crippen molar-refractivity contribution in [3.05, 3.63) is 65.2 Å². The fourth-order valence-corrected chi connectivity index (χ4v) is 5.03. The van der Waals surface area contributed by atoms with Gasteiger partial charge in [0.1, 0.15) is 5.01 Å². The Balaban J connectivity index is 1.24. The summed E-state index contributed by atoms with van der Waals surface area (Å²) in [4.78, 5) is 33.8. The molecule has 0 saturated carbocycles. The molecule has 0 radical (unpaired) electrons. The monoisotopic (exact) mass is 493 g/mol. The first-order chi connectivity index (χ1) is 17.1. The van der Waals surface area contributed by atoms with Gasteiger partial charge >= 0.3 is 0 Å². The van der Waals surface area contributed by atoms with E-state index >= 15 is 0 Å². The highest BCUT2D eigenvalue weighted by Crippen LogP contribution is 2.33. The number of aromatic nitrogens is 1. The highest BCUT2D eigenvalue weighted by Gasteiger charge is 2.24. The van der Waals surface area contributed by atoms with Crippen LogP contribution >= 0.6 is 11.3 Å². The summed E-state index contributed by atoms with van der Waals surface area (Å²) < 4.78 is 10.7. The van der Waals surface area contributed by atoms with Crippen molar-refractivity contribution in [1.82, 2.24) is 14.8 Å². The predicted octanol–water partition coefficient (Wildman–Crippen LogP) is 4.06. The van der Waals surface area contributed by atoms with Crippen LogP contribution in [0.15, 0.2) is 53.9 Å². The maximum Gasteiger partial charge on any atom is 0.228 e. The van der Waals surface area contributed by atoms with Gasteiger partial charge in [0.05, 0.1) is 26.3 Å². The highest BCUT2D eigenvalue weighted by atomic mass is 32.1. The van der Waals surface area contributed by atoms with E-state index in [1.807, 2.05) is 51.6 Å². The van der Waals surface area contributed by atoms with Gasteiger partial charge in [-0.15, -0.1) is 11.3 Å². The Morgan fingerprint density at radius 1 is 0.914 bits per heavy atom. The maximum atomic E-state index is 12.9. The zero-order chi connectivity index (χ0) is 24.6. The summed E-state index contributed by atoms with van der Waals surface area (Å²) in [6.07, 6.45) is 2.55. The van der Waals surface area contributed by atoms with Crippen LogP contribution in [-0.2, 0) is 22.4 Å². The molecule has 2 aromatic carbocycles. The van der Waals surface area contributed by atoms with Crippen molar-refractivity contribution in [3.8, 4) is 22.1 Å². The largest absolute Gasteiger partial charge is 0.493 e. The molecule has 2 heterocycles. The second-order valence-corrected chi connectivity index (χ2v) is 9.35. The zero-order valence-electron chi connectivity index (χ0n) is 20.2. The first-order valence-electron chi connectivity index (χ1n) is 11.8. The Labute approximate surface area is 210 Å². The maximum absolute atomic E-state index is 12.9. The molecule has 35 heavy (non-hydrogen) atoms. The first-order valence-corrected chi connectivity index (χ1v) is 12.7. The summed E-state index contributed by atoms with van der Waals surface area (Å²) in [5.74, 6) is 1.53. The Morgan fingerprint density at radius 3 is 2.29 bits per heavy atom. The molecule has 1 aliphatic rings. The van der Waals surface area contributed by atoms with Crippen LogP contribution in [0.2, 0.25) is 0 Å². The van der Waals surface area contributed by atoms with Gasteiger partial charge in [-0.2, -0.15) is 0 Å². The van der Waals surface area contributed by atoms with Gasteiger partial charge < -0.3 is 19.3 Å². The van der Waals surface area contributed by atoms with Gasteiger partial charge in [-0.05, 0) is 36.6 Å². The summed E-state index contributed by atoms with van der Waals surface area (Å²) in [7, 11) is 3.21. The van der Waals surface area contributed by atoms with E-state index in [1.54, 1.807) is 14.2 Å². The number of aryl methyl sites for hydroxylation is 1. The van der Waals surface area contributed by atoms with Crippen LogP contribution in [0, 0.1) is 0 Å². The fourth-order valence-electron chi connectivity index (χ4n) is 4.21. The van der Waals surface area contributed by atoms with E-state index < -0.39 is 0 Å². The van der Waals surface area contributed by atoms with Crippen molar-refractivity contribution < 1.29 is 19.1 Å². The lowest BCUT2D eigenvalue weighted by molar-refractivity contribution is -0.139. The number of piperazine rings is 1. The lowest BCUT2D eigenvalue weighted by Gasteiger charge is -2.34. The third-order valence-corrected chi connectivity index (χ3v) is 7.14. The van der Waals surface area contributed by atoms with E-state index in [1.165, 1.54) is 16.9 Å². The molecular weight excluding hydrogens is 462 g/mol. The predicted molar refractivity (Wildman–Crippen MR) is 137 cm³/mol. The van der Waals surface area contributed by atoms with E-state index in [0.29, 0.717) is 44.1 Å². The molecule has 4 rings (SSSR count). The topological polar surface area (TPSA) is 72.0 Å². The van der Waals surface area contributed by atoms with E-state index in [0.717, 1.165) is 29.1 Å². The normalized spacial score (nSPS) is 13.5. The van der Waals surface area contributed by atoms with E-state index in [2.05, 4.69) is 17.1 Å². The molecule has 0 bridgehead atoms. The summed E-state index contributed by atoms with van der Waals surface area (Å²) in [6.45, 7) is 2.31. The summed E-state index contributed by atoms with van der Waals surface area (Å²) in [6, 6.07) is 15.9. The van der Waals surface area contributed by atoms with Crippen molar-refractivity contribution in [1.29, 1.82) is 0 Å². The number of ether oxygens (including phenoxy) is 2. The van der Waals surface area contributed by atoms with Gasteiger partial charge in [0.25, 0.3) is 0 Å². The average Bonchev–Trinajstić information content (AvgIpc) is 3.37. The second kappa shape index (κ2) is 11.8. The van der Waals surface area contributed by atoms with Crippen molar-refractivity contribution in [2.45, 2.75) is 25.7 Å². The quantitative estimate of drug-likeness (QED) is 0.450. The van der Waals surface area contributed by atoms with Crippen LogP contribution in [-0.4, -0.2) is 67.0 Å². The van der Waals surface area contributed by atoms with Crippen molar-refractivity contribution in [3.63, 3.8) is 0 Å². The number of thiazole rings is 1. The van der Waals surface area contributed by atoms with Crippen LogP contribution in [0.4, 0.5) is 0 Å². The van der Waals surface area contributed by atoms with E-state index in [9.17, 15) is 9.59 Å². The van der Waals surface area contributed by atoms with E-state index in [4.69, 9.17) is 9.47 Å². The Morgan fingerprint density at radius 2 is 1.60 bits per heavy atom. The zero-order valence-corrected chi connectivity index (χ0v) is 21.1.